The lowest BCUT2D eigenvalue weighted by atomic mass is 10.0. The lowest BCUT2D eigenvalue weighted by Gasteiger charge is -2.11. The Labute approximate surface area is 121 Å². The van der Waals surface area contributed by atoms with Crippen molar-refractivity contribution in [3.8, 4) is 0 Å². The second-order valence-electron chi connectivity index (χ2n) is 5.48. The molecule has 0 aliphatic carbocycles. The number of rotatable bonds is 10. The zero-order chi connectivity index (χ0) is 14.8. The Hall–Kier alpha value is -0.960. The zero-order valence-electron chi connectivity index (χ0n) is 12.4. The summed E-state index contributed by atoms with van der Waals surface area (Å²) in [5.41, 5.74) is 0.338. The maximum absolute atomic E-state index is 13.0. The average molecular weight is 284 g/mol. The summed E-state index contributed by atoms with van der Waals surface area (Å²) in [4.78, 5) is 0. The molecule has 0 aromatic heterocycles. The van der Waals surface area contributed by atoms with Gasteiger partial charge in [-0.3, -0.25) is 0 Å². The van der Waals surface area contributed by atoms with E-state index in [0.717, 1.165) is 18.9 Å². The first-order chi connectivity index (χ1) is 9.63. The van der Waals surface area contributed by atoms with Crippen LogP contribution in [0.15, 0.2) is 18.2 Å². The van der Waals surface area contributed by atoms with Crippen LogP contribution in [0.5, 0.6) is 0 Å². The highest BCUT2D eigenvalue weighted by atomic mass is 19.1. The summed E-state index contributed by atoms with van der Waals surface area (Å²) in [6.07, 6.45) is 9.35. The molecule has 1 atom stereocenters. The summed E-state index contributed by atoms with van der Waals surface area (Å²) in [5, 5.41) is 9.91. The molecule has 20 heavy (non-hydrogen) atoms. The predicted octanol–water partition coefficient (Wildman–Crippen LogP) is 5.53. The fourth-order valence-corrected chi connectivity index (χ4v) is 2.41. The molecule has 0 spiro atoms. The van der Waals surface area contributed by atoms with Crippen molar-refractivity contribution in [3.63, 3.8) is 0 Å². The Kier molecular flexibility index (Phi) is 8.43. The van der Waals surface area contributed by atoms with Crippen molar-refractivity contribution in [1.82, 2.24) is 0 Å². The van der Waals surface area contributed by atoms with Crippen LogP contribution in [0.2, 0.25) is 0 Å². The van der Waals surface area contributed by atoms with Crippen molar-refractivity contribution in [2.24, 2.45) is 0 Å². The maximum Gasteiger partial charge on any atom is 0.126 e. The van der Waals surface area contributed by atoms with Gasteiger partial charge in [0.05, 0.1) is 6.10 Å². The Morgan fingerprint density at radius 3 is 1.90 bits per heavy atom. The minimum absolute atomic E-state index is 0.338. The summed E-state index contributed by atoms with van der Waals surface area (Å²) in [6, 6.07) is 3.24. The first-order valence-electron chi connectivity index (χ1n) is 7.77. The first kappa shape index (κ1) is 17.1. The van der Waals surface area contributed by atoms with Crippen molar-refractivity contribution >= 4 is 0 Å². The highest BCUT2D eigenvalue weighted by Crippen LogP contribution is 2.22. The standard InChI is InChI=1S/C17H26F2O/c1-2-3-4-5-6-7-8-9-10-17(20)14-11-15(18)13-16(19)12-14/h11-13,17,20H,2-10H2,1H3. The fraction of sp³-hybridized carbons (Fsp3) is 0.647. The van der Waals surface area contributed by atoms with Crippen LogP contribution in [0, 0.1) is 11.6 Å². The van der Waals surface area contributed by atoms with Crippen molar-refractivity contribution in [2.45, 2.75) is 70.8 Å². The molecule has 0 fully saturated rings. The Morgan fingerprint density at radius 2 is 1.35 bits per heavy atom. The van der Waals surface area contributed by atoms with E-state index < -0.39 is 17.7 Å². The molecule has 1 aromatic rings. The molecule has 1 nitrogen and oxygen atoms in total. The van der Waals surface area contributed by atoms with Crippen molar-refractivity contribution < 1.29 is 13.9 Å². The Morgan fingerprint density at radius 1 is 0.850 bits per heavy atom. The highest BCUT2D eigenvalue weighted by molar-refractivity contribution is 5.20. The van der Waals surface area contributed by atoms with Gasteiger partial charge in [-0.05, 0) is 24.1 Å². The molecule has 0 amide bonds. The van der Waals surface area contributed by atoms with E-state index in [2.05, 4.69) is 6.92 Å². The van der Waals surface area contributed by atoms with E-state index in [0.29, 0.717) is 12.0 Å². The number of aliphatic hydroxyl groups excluding tert-OH is 1. The third-order valence-electron chi connectivity index (χ3n) is 3.60. The van der Waals surface area contributed by atoms with Crippen LogP contribution in [-0.2, 0) is 0 Å². The van der Waals surface area contributed by atoms with E-state index in [1.54, 1.807) is 0 Å². The predicted molar refractivity (Wildman–Crippen MR) is 78.5 cm³/mol. The van der Waals surface area contributed by atoms with Gasteiger partial charge < -0.3 is 5.11 Å². The van der Waals surface area contributed by atoms with Gasteiger partial charge in [0.15, 0.2) is 0 Å². The number of unbranched alkanes of at least 4 members (excludes halogenated alkanes) is 7. The van der Waals surface area contributed by atoms with Gasteiger partial charge in [0.25, 0.3) is 0 Å². The quantitative estimate of drug-likeness (QED) is 0.560. The Bertz CT molecular complexity index is 359. The molecule has 0 saturated heterocycles. The molecule has 1 aromatic carbocycles. The number of aliphatic hydroxyl groups is 1. The van der Waals surface area contributed by atoms with Crippen LogP contribution in [0.1, 0.15) is 76.4 Å². The molecule has 1 N–H and O–H groups in total. The van der Waals surface area contributed by atoms with Crippen molar-refractivity contribution in [3.05, 3.63) is 35.4 Å². The van der Waals surface area contributed by atoms with Crippen LogP contribution in [0.25, 0.3) is 0 Å². The van der Waals surface area contributed by atoms with Gasteiger partial charge in [-0.25, -0.2) is 8.78 Å². The molecule has 1 rings (SSSR count). The SMILES string of the molecule is CCCCCCCCCCC(O)c1cc(F)cc(F)c1. The van der Waals surface area contributed by atoms with Gasteiger partial charge in [-0.1, -0.05) is 58.3 Å². The molecule has 0 radical (unpaired) electrons. The van der Waals surface area contributed by atoms with Crippen LogP contribution in [0.3, 0.4) is 0 Å². The van der Waals surface area contributed by atoms with Crippen LogP contribution < -0.4 is 0 Å². The summed E-state index contributed by atoms with van der Waals surface area (Å²) >= 11 is 0. The van der Waals surface area contributed by atoms with Gasteiger partial charge in [0.1, 0.15) is 11.6 Å². The van der Waals surface area contributed by atoms with E-state index in [9.17, 15) is 13.9 Å². The molecule has 114 valence electrons. The largest absolute Gasteiger partial charge is 0.388 e. The first-order valence-corrected chi connectivity index (χ1v) is 7.77. The Balaban J connectivity index is 2.15. The van der Waals surface area contributed by atoms with Crippen LogP contribution in [-0.4, -0.2) is 5.11 Å². The van der Waals surface area contributed by atoms with Crippen molar-refractivity contribution in [2.75, 3.05) is 0 Å². The third kappa shape index (κ3) is 6.99. The molecular formula is C17H26F2O. The topological polar surface area (TPSA) is 20.2 Å². The van der Waals surface area contributed by atoms with Gasteiger partial charge in [0.2, 0.25) is 0 Å². The summed E-state index contributed by atoms with van der Waals surface area (Å²) < 4.78 is 26.1. The molecular weight excluding hydrogens is 258 g/mol. The molecule has 0 aliphatic heterocycles. The number of hydrogen-bond donors (Lipinski definition) is 1. The minimum atomic E-state index is -0.764. The van der Waals surface area contributed by atoms with Gasteiger partial charge >= 0.3 is 0 Å². The summed E-state index contributed by atoms with van der Waals surface area (Å²) in [5.74, 6) is -1.26. The monoisotopic (exact) mass is 284 g/mol. The number of halogens is 2. The molecule has 0 bridgehead atoms. The molecule has 1 unspecified atom stereocenters. The van der Waals surface area contributed by atoms with E-state index >= 15 is 0 Å². The maximum atomic E-state index is 13.0. The third-order valence-corrected chi connectivity index (χ3v) is 3.60. The molecule has 0 aliphatic rings. The van der Waals surface area contributed by atoms with Crippen molar-refractivity contribution in [1.29, 1.82) is 0 Å². The summed E-state index contributed by atoms with van der Waals surface area (Å²) in [6.45, 7) is 2.20. The van der Waals surface area contributed by atoms with Gasteiger partial charge in [-0.2, -0.15) is 0 Å². The van der Waals surface area contributed by atoms with Crippen LogP contribution >= 0.6 is 0 Å². The zero-order valence-corrected chi connectivity index (χ0v) is 12.4. The fourth-order valence-electron chi connectivity index (χ4n) is 2.41. The normalized spacial score (nSPS) is 12.6. The number of benzene rings is 1. The highest BCUT2D eigenvalue weighted by Gasteiger charge is 2.10. The molecule has 0 heterocycles. The second kappa shape index (κ2) is 9.87. The smallest absolute Gasteiger partial charge is 0.126 e. The minimum Gasteiger partial charge on any atom is -0.388 e. The number of hydrogen-bond acceptors (Lipinski definition) is 1. The van der Waals surface area contributed by atoms with Crippen LogP contribution in [0.4, 0.5) is 8.78 Å². The van der Waals surface area contributed by atoms with E-state index in [1.807, 2.05) is 0 Å². The summed E-state index contributed by atoms with van der Waals surface area (Å²) in [7, 11) is 0. The molecule has 3 heteroatoms. The van der Waals surface area contributed by atoms with E-state index in [-0.39, 0.29) is 0 Å². The average Bonchev–Trinajstić information content (AvgIpc) is 2.40. The lowest BCUT2D eigenvalue weighted by molar-refractivity contribution is 0.162. The van der Waals surface area contributed by atoms with E-state index in [1.165, 1.54) is 50.7 Å². The van der Waals surface area contributed by atoms with Gasteiger partial charge in [-0.15, -0.1) is 0 Å². The second-order valence-corrected chi connectivity index (χ2v) is 5.48. The van der Waals surface area contributed by atoms with E-state index in [4.69, 9.17) is 0 Å². The van der Waals surface area contributed by atoms with Gasteiger partial charge in [0, 0.05) is 6.07 Å². The molecule has 0 saturated carbocycles. The lowest BCUT2D eigenvalue weighted by Crippen LogP contribution is -1.99.